The molecule has 0 aliphatic carbocycles. The number of hydrogen-bond acceptors (Lipinski definition) is 4. The van der Waals surface area contributed by atoms with E-state index in [4.69, 9.17) is 25.8 Å². The number of benzene rings is 1. The van der Waals surface area contributed by atoms with Crippen molar-refractivity contribution in [2.75, 3.05) is 33.9 Å². The highest BCUT2D eigenvalue weighted by molar-refractivity contribution is 6.30. The predicted octanol–water partition coefficient (Wildman–Crippen LogP) is 2.61. The third-order valence-corrected chi connectivity index (χ3v) is 3.75. The molecule has 2 rings (SSSR count). The van der Waals surface area contributed by atoms with E-state index in [9.17, 15) is 4.79 Å². The normalized spacial score (nSPS) is 20.8. The molecule has 0 radical (unpaired) electrons. The van der Waals surface area contributed by atoms with Crippen LogP contribution in [0.1, 0.15) is 24.2 Å². The monoisotopic (exact) mass is 327 g/mol. The molecular weight excluding hydrogens is 306 g/mol. The summed E-state index contributed by atoms with van der Waals surface area (Å²) < 4.78 is 16.4. The minimum absolute atomic E-state index is 0.0917. The highest BCUT2D eigenvalue weighted by Gasteiger charge is 2.36. The molecule has 0 unspecified atom stereocenters. The van der Waals surface area contributed by atoms with Crippen molar-refractivity contribution in [2.24, 2.45) is 0 Å². The Morgan fingerprint density at radius 3 is 2.82 bits per heavy atom. The van der Waals surface area contributed by atoms with Gasteiger partial charge >= 0.3 is 0 Å². The van der Waals surface area contributed by atoms with Crippen molar-refractivity contribution in [2.45, 2.75) is 25.6 Å². The zero-order valence-corrected chi connectivity index (χ0v) is 14.1. The number of carbonyl (C=O) groups excluding carboxylic acids is 1. The van der Waals surface area contributed by atoms with Crippen molar-refractivity contribution in [3.8, 4) is 5.75 Å². The molecule has 1 fully saturated rings. The topological polar surface area (TPSA) is 48.0 Å². The largest absolute Gasteiger partial charge is 0.496 e. The Morgan fingerprint density at radius 1 is 1.45 bits per heavy atom. The first-order valence-corrected chi connectivity index (χ1v) is 7.53. The number of amides is 1. The van der Waals surface area contributed by atoms with Gasteiger partial charge in [-0.1, -0.05) is 11.6 Å². The Labute approximate surface area is 136 Å². The fourth-order valence-electron chi connectivity index (χ4n) is 2.74. The average Bonchev–Trinajstić information content (AvgIpc) is 2.45. The van der Waals surface area contributed by atoms with Gasteiger partial charge in [0.15, 0.2) is 0 Å². The molecule has 6 heteroatoms. The van der Waals surface area contributed by atoms with Gasteiger partial charge in [0.1, 0.15) is 5.75 Å². The lowest BCUT2D eigenvalue weighted by Crippen LogP contribution is -2.55. The van der Waals surface area contributed by atoms with Gasteiger partial charge in [-0.3, -0.25) is 4.79 Å². The van der Waals surface area contributed by atoms with Crippen LogP contribution in [0.15, 0.2) is 18.2 Å². The first kappa shape index (κ1) is 17.1. The van der Waals surface area contributed by atoms with E-state index in [0.717, 1.165) is 0 Å². The standard InChI is InChI=1S/C16H22ClNO4/c1-16(2)10-18(8-12(22-16)9-20-3)15(19)13-6-5-11(17)7-14(13)21-4/h5-7,12H,8-10H2,1-4H3/t12-/m0/s1. The van der Waals surface area contributed by atoms with E-state index in [1.54, 1.807) is 30.2 Å². The summed E-state index contributed by atoms with van der Waals surface area (Å²) in [7, 11) is 3.15. The second-order valence-corrected chi connectivity index (χ2v) is 6.42. The number of morpholine rings is 1. The fraction of sp³-hybridized carbons (Fsp3) is 0.562. The van der Waals surface area contributed by atoms with Gasteiger partial charge in [0, 0.05) is 25.2 Å². The average molecular weight is 328 g/mol. The molecule has 1 atom stereocenters. The molecule has 22 heavy (non-hydrogen) atoms. The quantitative estimate of drug-likeness (QED) is 0.853. The Kier molecular flexibility index (Phi) is 5.32. The third kappa shape index (κ3) is 3.91. The summed E-state index contributed by atoms with van der Waals surface area (Å²) in [5, 5.41) is 0.535. The maximum Gasteiger partial charge on any atom is 0.257 e. The van der Waals surface area contributed by atoms with Gasteiger partial charge in [0.25, 0.3) is 5.91 Å². The van der Waals surface area contributed by atoms with Crippen LogP contribution in [0.3, 0.4) is 0 Å². The van der Waals surface area contributed by atoms with Gasteiger partial charge in [-0.15, -0.1) is 0 Å². The number of nitrogens with zero attached hydrogens (tertiary/aromatic N) is 1. The zero-order valence-electron chi connectivity index (χ0n) is 13.4. The van der Waals surface area contributed by atoms with Crippen LogP contribution < -0.4 is 4.74 Å². The molecule has 5 nitrogen and oxygen atoms in total. The highest BCUT2D eigenvalue weighted by atomic mass is 35.5. The van der Waals surface area contributed by atoms with Gasteiger partial charge in [-0.2, -0.15) is 0 Å². The molecule has 1 aromatic carbocycles. The predicted molar refractivity (Wildman–Crippen MR) is 84.7 cm³/mol. The minimum atomic E-state index is -0.420. The number of halogens is 1. The summed E-state index contributed by atoms with van der Waals surface area (Å²) in [4.78, 5) is 14.6. The van der Waals surface area contributed by atoms with Crippen LogP contribution in [-0.2, 0) is 9.47 Å². The number of methoxy groups -OCH3 is 2. The summed E-state index contributed by atoms with van der Waals surface area (Å²) in [6.07, 6.45) is -0.143. The summed E-state index contributed by atoms with van der Waals surface area (Å²) in [6, 6.07) is 5.03. The Balaban J connectivity index is 2.24. The molecule has 1 aliphatic heterocycles. The molecule has 0 bridgehead atoms. The smallest absolute Gasteiger partial charge is 0.257 e. The molecule has 1 heterocycles. The number of carbonyl (C=O) groups is 1. The van der Waals surface area contributed by atoms with E-state index < -0.39 is 5.60 Å². The highest BCUT2D eigenvalue weighted by Crippen LogP contribution is 2.27. The Bertz CT molecular complexity index is 547. The number of hydrogen-bond donors (Lipinski definition) is 0. The third-order valence-electron chi connectivity index (χ3n) is 3.52. The van der Waals surface area contributed by atoms with Crippen LogP contribution in [-0.4, -0.2) is 56.4 Å². The number of rotatable bonds is 4. The van der Waals surface area contributed by atoms with Crippen molar-refractivity contribution in [3.05, 3.63) is 28.8 Å². The SMILES string of the molecule is COC[C@@H]1CN(C(=O)c2ccc(Cl)cc2OC)CC(C)(C)O1. The van der Waals surface area contributed by atoms with Crippen molar-refractivity contribution >= 4 is 17.5 Å². The Hall–Kier alpha value is -1.30. The minimum Gasteiger partial charge on any atom is -0.496 e. The van der Waals surface area contributed by atoms with Gasteiger partial charge in [0.2, 0.25) is 0 Å². The van der Waals surface area contributed by atoms with Gasteiger partial charge in [-0.25, -0.2) is 0 Å². The maximum absolute atomic E-state index is 12.8. The molecular formula is C16H22ClNO4. The lowest BCUT2D eigenvalue weighted by Gasteiger charge is -2.42. The van der Waals surface area contributed by atoms with Crippen LogP contribution >= 0.6 is 11.6 Å². The van der Waals surface area contributed by atoms with Crippen LogP contribution in [0.4, 0.5) is 0 Å². The van der Waals surface area contributed by atoms with E-state index in [1.165, 1.54) is 7.11 Å². The second-order valence-electron chi connectivity index (χ2n) is 5.99. The van der Waals surface area contributed by atoms with Gasteiger partial charge < -0.3 is 19.1 Å². The number of ether oxygens (including phenoxy) is 3. The molecule has 0 spiro atoms. The molecule has 0 saturated carbocycles. The van der Waals surface area contributed by atoms with Crippen molar-refractivity contribution in [1.29, 1.82) is 0 Å². The van der Waals surface area contributed by atoms with Crippen LogP contribution in [0.2, 0.25) is 5.02 Å². The van der Waals surface area contributed by atoms with E-state index in [2.05, 4.69) is 0 Å². The lowest BCUT2D eigenvalue weighted by atomic mass is 10.0. The fourth-order valence-corrected chi connectivity index (χ4v) is 2.90. The molecule has 0 aromatic heterocycles. The summed E-state index contributed by atoms with van der Waals surface area (Å²) in [5.74, 6) is 0.385. The van der Waals surface area contributed by atoms with Crippen LogP contribution in [0.5, 0.6) is 5.75 Å². The lowest BCUT2D eigenvalue weighted by molar-refractivity contribution is -0.143. The summed E-state index contributed by atoms with van der Waals surface area (Å²) in [5.41, 5.74) is 0.0808. The first-order chi connectivity index (χ1) is 10.4. The second kappa shape index (κ2) is 6.86. The van der Waals surface area contributed by atoms with Gasteiger partial charge in [-0.05, 0) is 32.0 Å². The van der Waals surface area contributed by atoms with E-state index in [-0.39, 0.29) is 12.0 Å². The van der Waals surface area contributed by atoms with E-state index in [0.29, 0.717) is 36.0 Å². The summed E-state index contributed by atoms with van der Waals surface area (Å²) >= 11 is 5.95. The van der Waals surface area contributed by atoms with Crippen LogP contribution in [0.25, 0.3) is 0 Å². The molecule has 1 aromatic rings. The van der Waals surface area contributed by atoms with Crippen molar-refractivity contribution < 1.29 is 19.0 Å². The first-order valence-electron chi connectivity index (χ1n) is 7.16. The summed E-state index contributed by atoms with van der Waals surface area (Å²) in [6.45, 7) is 5.38. The Morgan fingerprint density at radius 2 is 2.18 bits per heavy atom. The molecule has 122 valence electrons. The van der Waals surface area contributed by atoms with E-state index >= 15 is 0 Å². The van der Waals surface area contributed by atoms with Crippen molar-refractivity contribution in [3.63, 3.8) is 0 Å². The molecule has 0 N–H and O–H groups in total. The zero-order chi connectivity index (χ0) is 16.3. The van der Waals surface area contributed by atoms with Gasteiger partial charge in [0.05, 0.1) is 31.0 Å². The molecule has 1 aliphatic rings. The molecule has 1 amide bonds. The van der Waals surface area contributed by atoms with Crippen LogP contribution in [0, 0.1) is 0 Å². The van der Waals surface area contributed by atoms with E-state index in [1.807, 2.05) is 13.8 Å². The van der Waals surface area contributed by atoms with Crippen molar-refractivity contribution in [1.82, 2.24) is 4.90 Å². The molecule has 1 saturated heterocycles. The maximum atomic E-state index is 12.8.